The van der Waals surface area contributed by atoms with Crippen LogP contribution in [-0.2, 0) is 14.4 Å². The van der Waals surface area contributed by atoms with Crippen molar-refractivity contribution in [3.8, 4) is 0 Å². The van der Waals surface area contributed by atoms with Gasteiger partial charge in [0.05, 0.1) is 5.92 Å². The SMILES string of the molecule is CC[C@H](C)C(=O)OCC(O)ON. The first-order valence-corrected chi connectivity index (χ1v) is 3.82. The lowest BCUT2D eigenvalue weighted by Gasteiger charge is -2.11. The number of carbonyl (C=O) groups excluding carboxylic acids is 1. The Bertz CT molecular complexity index is 139. The van der Waals surface area contributed by atoms with Crippen LogP contribution >= 0.6 is 0 Å². The maximum atomic E-state index is 11.0. The third-order valence-corrected chi connectivity index (χ3v) is 1.54. The maximum Gasteiger partial charge on any atom is 0.308 e. The Hall–Kier alpha value is -0.650. The highest BCUT2D eigenvalue weighted by atomic mass is 16.7. The van der Waals surface area contributed by atoms with Crippen molar-refractivity contribution in [3.05, 3.63) is 0 Å². The summed E-state index contributed by atoms with van der Waals surface area (Å²) in [5, 5.41) is 8.74. The first-order valence-electron chi connectivity index (χ1n) is 3.82. The Morgan fingerprint density at radius 3 is 2.67 bits per heavy atom. The maximum absolute atomic E-state index is 11.0. The molecule has 1 unspecified atom stereocenters. The summed E-state index contributed by atoms with van der Waals surface area (Å²) >= 11 is 0. The molecular weight excluding hydrogens is 162 g/mol. The minimum absolute atomic E-state index is 0.157. The van der Waals surface area contributed by atoms with Gasteiger partial charge in [0.15, 0.2) is 0 Å². The van der Waals surface area contributed by atoms with Crippen LogP contribution in [0.15, 0.2) is 0 Å². The van der Waals surface area contributed by atoms with E-state index in [0.29, 0.717) is 6.42 Å². The number of aliphatic hydroxyl groups is 1. The lowest BCUT2D eigenvalue weighted by atomic mass is 10.1. The van der Waals surface area contributed by atoms with Crippen LogP contribution in [0.5, 0.6) is 0 Å². The summed E-state index contributed by atoms with van der Waals surface area (Å²) in [7, 11) is 0. The van der Waals surface area contributed by atoms with Crippen LogP contribution in [-0.4, -0.2) is 24.0 Å². The highest BCUT2D eigenvalue weighted by Gasteiger charge is 2.13. The molecule has 0 heterocycles. The van der Waals surface area contributed by atoms with Crippen molar-refractivity contribution in [2.24, 2.45) is 11.8 Å². The summed E-state index contributed by atoms with van der Waals surface area (Å²) in [4.78, 5) is 15.0. The molecule has 0 aliphatic heterocycles. The van der Waals surface area contributed by atoms with E-state index in [1.165, 1.54) is 0 Å². The average molecular weight is 177 g/mol. The molecular formula is C7H15NO4. The Balaban J connectivity index is 3.56. The molecule has 12 heavy (non-hydrogen) atoms. The van der Waals surface area contributed by atoms with Crippen LogP contribution < -0.4 is 5.90 Å². The van der Waals surface area contributed by atoms with Crippen molar-refractivity contribution in [1.82, 2.24) is 0 Å². The third-order valence-electron chi connectivity index (χ3n) is 1.54. The van der Waals surface area contributed by atoms with Gasteiger partial charge in [-0.25, -0.2) is 5.90 Å². The molecule has 2 atom stereocenters. The molecule has 3 N–H and O–H groups in total. The minimum Gasteiger partial charge on any atom is -0.460 e. The zero-order valence-corrected chi connectivity index (χ0v) is 7.32. The molecule has 0 aliphatic rings. The predicted molar refractivity (Wildman–Crippen MR) is 41.7 cm³/mol. The van der Waals surface area contributed by atoms with E-state index in [0.717, 1.165) is 0 Å². The first-order chi connectivity index (χ1) is 5.61. The summed E-state index contributed by atoms with van der Waals surface area (Å²) in [5.41, 5.74) is 0. The highest BCUT2D eigenvalue weighted by Crippen LogP contribution is 2.03. The second-order valence-corrected chi connectivity index (χ2v) is 2.53. The topological polar surface area (TPSA) is 81.8 Å². The molecule has 0 spiro atoms. The molecule has 0 fully saturated rings. The Kier molecular flexibility index (Phi) is 5.61. The molecule has 0 aromatic rings. The van der Waals surface area contributed by atoms with Crippen molar-refractivity contribution >= 4 is 5.97 Å². The van der Waals surface area contributed by atoms with E-state index in [2.05, 4.69) is 15.5 Å². The number of ether oxygens (including phenoxy) is 1. The standard InChI is InChI=1S/C7H15NO4/c1-3-5(2)7(10)11-4-6(9)12-8/h5-6,9H,3-4,8H2,1-2H3/t5-,6?/m0/s1. The van der Waals surface area contributed by atoms with E-state index >= 15 is 0 Å². The van der Waals surface area contributed by atoms with Crippen molar-refractivity contribution in [2.75, 3.05) is 6.61 Å². The van der Waals surface area contributed by atoms with Crippen LogP contribution in [0.1, 0.15) is 20.3 Å². The highest BCUT2D eigenvalue weighted by molar-refractivity contribution is 5.71. The van der Waals surface area contributed by atoms with Gasteiger partial charge in [-0.1, -0.05) is 13.8 Å². The normalized spacial score (nSPS) is 15.3. The quantitative estimate of drug-likeness (QED) is 0.345. The van der Waals surface area contributed by atoms with Gasteiger partial charge >= 0.3 is 5.97 Å². The van der Waals surface area contributed by atoms with Gasteiger partial charge < -0.3 is 9.84 Å². The van der Waals surface area contributed by atoms with Gasteiger partial charge in [-0.15, -0.1) is 0 Å². The smallest absolute Gasteiger partial charge is 0.308 e. The molecule has 0 saturated heterocycles. The van der Waals surface area contributed by atoms with Crippen LogP contribution in [0, 0.1) is 5.92 Å². The second-order valence-electron chi connectivity index (χ2n) is 2.53. The molecule has 0 radical (unpaired) electrons. The number of carbonyl (C=O) groups is 1. The molecule has 0 aromatic carbocycles. The van der Waals surface area contributed by atoms with E-state index in [1.54, 1.807) is 6.92 Å². The Morgan fingerprint density at radius 2 is 2.25 bits per heavy atom. The molecule has 0 aromatic heterocycles. The fourth-order valence-electron chi connectivity index (χ4n) is 0.502. The molecule has 0 rings (SSSR count). The van der Waals surface area contributed by atoms with Gasteiger partial charge in [-0.05, 0) is 6.42 Å². The molecule has 0 bridgehead atoms. The number of hydrogen-bond acceptors (Lipinski definition) is 5. The predicted octanol–water partition coefficient (Wildman–Crippen LogP) is -0.216. The largest absolute Gasteiger partial charge is 0.460 e. The molecule has 0 amide bonds. The van der Waals surface area contributed by atoms with Crippen LogP contribution in [0.3, 0.4) is 0 Å². The first kappa shape index (κ1) is 11.4. The van der Waals surface area contributed by atoms with Gasteiger partial charge in [-0.2, -0.15) is 0 Å². The van der Waals surface area contributed by atoms with E-state index in [9.17, 15) is 4.79 Å². The third kappa shape index (κ3) is 4.27. The summed E-state index contributed by atoms with van der Waals surface area (Å²) in [6, 6.07) is 0. The number of nitrogens with two attached hydrogens (primary N) is 1. The van der Waals surface area contributed by atoms with Crippen molar-refractivity contribution < 1.29 is 19.5 Å². The summed E-state index contributed by atoms with van der Waals surface area (Å²) in [5.74, 6) is 4.11. The van der Waals surface area contributed by atoms with Crippen molar-refractivity contribution in [3.63, 3.8) is 0 Å². The molecule has 0 aliphatic carbocycles. The monoisotopic (exact) mass is 177 g/mol. The number of hydrogen-bond donors (Lipinski definition) is 2. The molecule has 72 valence electrons. The van der Waals surface area contributed by atoms with E-state index < -0.39 is 6.29 Å². The van der Waals surface area contributed by atoms with Crippen LogP contribution in [0.4, 0.5) is 0 Å². The lowest BCUT2D eigenvalue weighted by Crippen LogP contribution is -2.26. The van der Waals surface area contributed by atoms with E-state index in [4.69, 9.17) is 5.11 Å². The fourth-order valence-corrected chi connectivity index (χ4v) is 0.502. The van der Waals surface area contributed by atoms with Crippen LogP contribution in [0.2, 0.25) is 0 Å². The fraction of sp³-hybridized carbons (Fsp3) is 0.857. The van der Waals surface area contributed by atoms with Gasteiger partial charge in [0.2, 0.25) is 6.29 Å². The number of aliphatic hydroxyl groups excluding tert-OH is 1. The number of rotatable bonds is 5. The molecule has 0 saturated carbocycles. The van der Waals surface area contributed by atoms with E-state index in [-0.39, 0.29) is 18.5 Å². The van der Waals surface area contributed by atoms with Gasteiger partial charge in [0.25, 0.3) is 0 Å². The zero-order chi connectivity index (χ0) is 9.56. The Morgan fingerprint density at radius 1 is 1.67 bits per heavy atom. The number of esters is 1. The molecule has 5 heteroatoms. The summed E-state index contributed by atoms with van der Waals surface area (Å²) in [6.07, 6.45) is -0.531. The van der Waals surface area contributed by atoms with Crippen molar-refractivity contribution in [2.45, 2.75) is 26.6 Å². The van der Waals surface area contributed by atoms with Crippen molar-refractivity contribution in [1.29, 1.82) is 0 Å². The Labute approximate surface area is 71.4 Å². The van der Waals surface area contributed by atoms with Gasteiger partial charge in [-0.3, -0.25) is 9.63 Å². The van der Waals surface area contributed by atoms with Crippen LogP contribution in [0.25, 0.3) is 0 Å². The average Bonchev–Trinajstić information content (AvgIpc) is 2.11. The van der Waals surface area contributed by atoms with E-state index in [1.807, 2.05) is 6.92 Å². The lowest BCUT2D eigenvalue weighted by molar-refractivity contribution is -0.170. The minimum atomic E-state index is -1.24. The second kappa shape index (κ2) is 5.93. The zero-order valence-electron chi connectivity index (χ0n) is 7.32. The summed E-state index contributed by atoms with van der Waals surface area (Å²) in [6.45, 7) is 3.40. The molecule has 5 nitrogen and oxygen atoms in total. The summed E-state index contributed by atoms with van der Waals surface area (Å²) < 4.78 is 4.65. The van der Waals surface area contributed by atoms with Gasteiger partial charge in [0.1, 0.15) is 6.61 Å². The van der Waals surface area contributed by atoms with Gasteiger partial charge in [0, 0.05) is 0 Å².